The molecule has 1 aliphatic rings. The molecule has 29 heavy (non-hydrogen) atoms. The predicted octanol–water partition coefficient (Wildman–Crippen LogP) is 5.70. The Morgan fingerprint density at radius 1 is 1.10 bits per heavy atom. The first kappa shape index (κ1) is 18.6. The third-order valence-electron chi connectivity index (χ3n) is 6.10. The number of nitrogens with one attached hydrogen (secondary N) is 1. The van der Waals surface area contributed by atoms with E-state index in [2.05, 4.69) is 53.3 Å². The predicted molar refractivity (Wildman–Crippen MR) is 121 cm³/mol. The summed E-state index contributed by atoms with van der Waals surface area (Å²) in [6, 6.07) is 11.4. The van der Waals surface area contributed by atoms with Crippen LogP contribution in [0.25, 0.3) is 32.5 Å². The third kappa shape index (κ3) is 3.40. The van der Waals surface area contributed by atoms with Crippen molar-refractivity contribution in [2.45, 2.75) is 44.7 Å². The molecule has 5 rings (SSSR count). The standard InChI is InChI=1S/C23H26N4OS/c1-14-20(19-12-15-6-4-5-7-18(15)28-19)21-22(24-13-25-23(21)29-14)26-16-8-10-17(11-9-16)27(2)3/h4-7,12-13,16-17H,8-11H2,1-3H3,(H,24,25,26). The Morgan fingerprint density at radius 2 is 1.90 bits per heavy atom. The highest BCUT2D eigenvalue weighted by atomic mass is 32.1. The van der Waals surface area contributed by atoms with Gasteiger partial charge in [0.25, 0.3) is 0 Å². The number of nitrogens with zero attached hydrogens (tertiary/aromatic N) is 3. The van der Waals surface area contributed by atoms with Gasteiger partial charge in [0.2, 0.25) is 0 Å². The summed E-state index contributed by atoms with van der Waals surface area (Å²) in [6.07, 6.45) is 6.44. The number of rotatable bonds is 4. The minimum absolute atomic E-state index is 0.452. The Balaban J connectivity index is 1.52. The quantitative estimate of drug-likeness (QED) is 0.471. The number of thiophene rings is 1. The molecule has 0 radical (unpaired) electrons. The fourth-order valence-corrected chi connectivity index (χ4v) is 5.48. The van der Waals surface area contributed by atoms with Crippen LogP contribution in [0.5, 0.6) is 0 Å². The zero-order valence-corrected chi connectivity index (χ0v) is 17.9. The van der Waals surface area contributed by atoms with Crippen molar-refractivity contribution in [2.75, 3.05) is 19.4 Å². The van der Waals surface area contributed by atoms with E-state index in [0.717, 1.165) is 51.2 Å². The largest absolute Gasteiger partial charge is 0.456 e. The average Bonchev–Trinajstić information content (AvgIpc) is 3.28. The molecule has 1 fully saturated rings. The lowest BCUT2D eigenvalue weighted by Crippen LogP contribution is -2.36. The molecule has 4 aromatic rings. The van der Waals surface area contributed by atoms with E-state index in [9.17, 15) is 0 Å². The minimum atomic E-state index is 0.452. The monoisotopic (exact) mass is 406 g/mol. The molecular formula is C23H26N4OS. The summed E-state index contributed by atoms with van der Waals surface area (Å²) >= 11 is 1.71. The molecule has 0 spiro atoms. The molecule has 3 heterocycles. The lowest BCUT2D eigenvalue weighted by molar-refractivity contribution is 0.221. The minimum Gasteiger partial charge on any atom is -0.456 e. The smallest absolute Gasteiger partial charge is 0.139 e. The molecule has 5 nitrogen and oxygen atoms in total. The zero-order chi connectivity index (χ0) is 20.0. The van der Waals surface area contributed by atoms with Gasteiger partial charge in [-0.25, -0.2) is 9.97 Å². The molecule has 0 atom stereocenters. The summed E-state index contributed by atoms with van der Waals surface area (Å²) < 4.78 is 6.20. The second-order valence-corrected chi connectivity index (χ2v) is 9.40. The van der Waals surface area contributed by atoms with Crippen molar-refractivity contribution in [2.24, 2.45) is 0 Å². The molecule has 1 N–H and O–H groups in total. The van der Waals surface area contributed by atoms with Crippen LogP contribution in [0.3, 0.4) is 0 Å². The fourth-order valence-electron chi connectivity index (χ4n) is 4.49. The second-order valence-electron chi connectivity index (χ2n) is 8.20. The van der Waals surface area contributed by atoms with Gasteiger partial charge in [0.15, 0.2) is 0 Å². The summed E-state index contributed by atoms with van der Waals surface area (Å²) in [7, 11) is 4.36. The van der Waals surface area contributed by atoms with Crippen LogP contribution >= 0.6 is 11.3 Å². The average molecular weight is 407 g/mol. The molecule has 1 aliphatic carbocycles. The molecule has 1 aromatic carbocycles. The fraction of sp³-hybridized carbons (Fsp3) is 0.391. The number of hydrogen-bond donors (Lipinski definition) is 1. The Kier molecular flexibility index (Phi) is 4.76. The maximum Gasteiger partial charge on any atom is 0.139 e. The Bertz CT molecular complexity index is 1120. The first-order valence-corrected chi connectivity index (χ1v) is 11.1. The number of benzene rings is 1. The van der Waals surface area contributed by atoms with Crippen LogP contribution in [0.1, 0.15) is 30.6 Å². The van der Waals surface area contributed by atoms with Crippen molar-refractivity contribution < 1.29 is 4.42 Å². The van der Waals surface area contributed by atoms with Gasteiger partial charge in [0, 0.05) is 27.9 Å². The van der Waals surface area contributed by atoms with E-state index in [1.54, 1.807) is 17.7 Å². The van der Waals surface area contributed by atoms with E-state index >= 15 is 0 Å². The number of anilines is 1. The van der Waals surface area contributed by atoms with E-state index in [-0.39, 0.29) is 0 Å². The molecule has 0 amide bonds. The first-order chi connectivity index (χ1) is 14.1. The lowest BCUT2D eigenvalue weighted by Gasteiger charge is -2.33. The number of furan rings is 1. The summed E-state index contributed by atoms with van der Waals surface area (Å²) in [5.74, 6) is 1.83. The highest BCUT2D eigenvalue weighted by molar-refractivity contribution is 7.19. The number of aryl methyl sites for hydroxylation is 1. The Morgan fingerprint density at radius 3 is 2.66 bits per heavy atom. The maximum absolute atomic E-state index is 6.20. The Hall–Kier alpha value is -2.44. The van der Waals surface area contributed by atoms with E-state index in [1.807, 2.05) is 18.2 Å². The molecule has 6 heteroatoms. The van der Waals surface area contributed by atoms with Gasteiger partial charge >= 0.3 is 0 Å². The van der Waals surface area contributed by atoms with Crippen molar-refractivity contribution in [3.8, 4) is 11.3 Å². The first-order valence-electron chi connectivity index (χ1n) is 10.3. The van der Waals surface area contributed by atoms with Gasteiger partial charge in [-0.05, 0) is 58.8 Å². The van der Waals surface area contributed by atoms with Crippen molar-refractivity contribution >= 4 is 38.3 Å². The maximum atomic E-state index is 6.20. The topological polar surface area (TPSA) is 54.2 Å². The summed E-state index contributed by atoms with van der Waals surface area (Å²) in [5, 5.41) is 5.94. The van der Waals surface area contributed by atoms with Crippen molar-refractivity contribution in [1.29, 1.82) is 0 Å². The van der Waals surface area contributed by atoms with Gasteiger partial charge in [-0.1, -0.05) is 18.2 Å². The highest BCUT2D eigenvalue weighted by Crippen LogP contribution is 2.42. The number of para-hydroxylation sites is 1. The lowest BCUT2D eigenvalue weighted by atomic mass is 9.90. The van der Waals surface area contributed by atoms with E-state index in [4.69, 9.17) is 4.42 Å². The molecular weight excluding hydrogens is 380 g/mol. The van der Waals surface area contributed by atoms with Crippen LogP contribution < -0.4 is 5.32 Å². The van der Waals surface area contributed by atoms with Crippen LogP contribution in [0.4, 0.5) is 5.82 Å². The summed E-state index contributed by atoms with van der Waals surface area (Å²) in [4.78, 5) is 13.8. The van der Waals surface area contributed by atoms with Gasteiger partial charge in [-0.3, -0.25) is 0 Å². The van der Waals surface area contributed by atoms with Crippen molar-refractivity contribution in [1.82, 2.24) is 14.9 Å². The van der Waals surface area contributed by atoms with Crippen molar-refractivity contribution in [3.63, 3.8) is 0 Å². The molecule has 0 unspecified atom stereocenters. The van der Waals surface area contributed by atoms with Gasteiger partial charge in [0.05, 0.1) is 5.39 Å². The third-order valence-corrected chi connectivity index (χ3v) is 7.12. The van der Waals surface area contributed by atoms with E-state index < -0.39 is 0 Å². The molecule has 0 saturated heterocycles. The molecule has 3 aromatic heterocycles. The van der Waals surface area contributed by atoms with E-state index in [0.29, 0.717) is 12.1 Å². The molecule has 0 bridgehead atoms. The highest BCUT2D eigenvalue weighted by Gasteiger charge is 2.25. The van der Waals surface area contributed by atoms with Crippen molar-refractivity contribution in [3.05, 3.63) is 41.5 Å². The molecule has 0 aliphatic heterocycles. The van der Waals surface area contributed by atoms with Crippen LogP contribution in [0.2, 0.25) is 0 Å². The summed E-state index contributed by atoms with van der Waals surface area (Å²) in [5.41, 5.74) is 2.03. The van der Waals surface area contributed by atoms with Gasteiger partial charge in [0.1, 0.15) is 28.3 Å². The van der Waals surface area contributed by atoms with Gasteiger partial charge in [-0.2, -0.15) is 0 Å². The normalized spacial score (nSPS) is 20.0. The van der Waals surface area contributed by atoms with Crippen LogP contribution in [0, 0.1) is 6.92 Å². The molecule has 150 valence electrons. The van der Waals surface area contributed by atoms with Gasteiger partial charge < -0.3 is 14.6 Å². The summed E-state index contributed by atoms with van der Waals surface area (Å²) in [6.45, 7) is 2.14. The number of aromatic nitrogens is 2. The van der Waals surface area contributed by atoms with E-state index in [1.165, 1.54) is 17.7 Å². The SMILES string of the molecule is Cc1sc2ncnc(NC3CCC(N(C)C)CC3)c2c1-c1cc2ccccc2o1. The number of hydrogen-bond acceptors (Lipinski definition) is 6. The van der Waals surface area contributed by atoms with Crippen LogP contribution in [-0.2, 0) is 0 Å². The van der Waals surface area contributed by atoms with Gasteiger partial charge in [-0.15, -0.1) is 11.3 Å². The second kappa shape index (κ2) is 7.43. The van der Waals surface area contributed by atoms with Crippen LogP contribution in [0.15, 0.2) is 41.1 Å². The Labute approximate surface area is 174 Å². The molecule has 1 saturated carbocycles. The number of fused-ring (bicyclic) bond motifs is 2. The zero-order valence-electron chi connectivity index (χ0n) is 17.1. The van der Waals surface area contributed by atoms with Crippen LogP contribution in [-0.4, -0.2) is 41.0 Å².